The second-order valence-corrected chi connectivity index (χ2v) is 9.75. The van der Waals surface area contributed by atoms with Crippen molar-refractivity contribution in [2.75, 3.05) is 13.2 Å². The van der Waals surface area contributed by atoms with Crippen LogP contribution in [-0.2, 0) is 17.7 Å². The lowest BCUT2D eigenvalue weighted by Gasteiger charge is -2.45. The van der Waals surface area contributed by atoms with E-state index in [0.717, 1.165) is 67.6 Å². The summed E-state index contributed by atoms with van der Waals surface area (Å²) >= 11 is 6.11. The quantitative estimate of drug-likeness (QED) is 0.508. The molecule has 2 aromatic heterocycles. The molecule has 1 aromatic carbocycles. The van der Waals surface area contributed by atoms with Crippen molar-refractivity contribution in [2.24, 2.45) is 0 Å². The molecule has 0 unspecified atom stereocenters. The smallest absolute Gasteiger partial charge is 0.197 e. The summed E-state index contributed by atoms with van der Waals surface area (Å²) in [5, 5.41) is 9.39. The molecule has 0 amide bonds. The molecule has 1 aliphatic carbocycles. The zero-order chi connectivity index (χ0) is 22.8. The van der Waals surface area contributed by atoms with E-state index in [1.54, 1.807) is 0 Å². The molecule has 2 fully saturated rings. The van der Waals surface area contributed by atoms with E-state index in [0.29, 0.717) is 24.6 Å². The maximum Gasteiger partial charge on any atom is 0.197 e. The first kappa shape index (κ1) is 22.6. The second kappa shape index (κ2) is 9.95. The van der Waals surface area contributed by atoms with Gasteiger partial charge in [-0.3, -0.25) is 9.58 Å². The number of rotatable bonds is 6. The maximum atomic E-state index is 6.34. The van der Waals surface area contributed by atoms with E-state index >= 15 is 0 Å². The molecule has 7 nitrogen and oxygen atoms in total. The molecule has 0 spiro atoms. The van der Waals surface area contributed by atoms with Crippen LogP contribution < -0.4 is 0 Å². The predicted octanol–water partition coefficient (Wildman–Crippen LogP) is 4.96. The Morgan fingerprint density at radius 3 is 2.58 bits per heavy atom. The van der Waals surface area contributed by atoms with Crippen LogP contribution in [0.4, 0.5) is 0 Å². The Hall–Kier alpha value is -2.22. The predicted molar refractivity (Wildman–Crippen MR) is 126 cm³/mol. The topological polar surface area (TPSA) is 69.2 Å². The highest BCUT2D eigenvalue weighted by atomic mass is 35.5. The second-order valence-electron chi connectivity index (χ2n) is 9.32. The molecule has 3 aromatic rings. The molecule has 0 N–H and O–H groups in total. The van der Waals surface area contributed by atoms with Crippen LogP contribution in [0.1, 0.15) is 67.5 Å². The van der Waals surface area contributed by atoms with E-state index in [-0.39, 0.29) is 6.10 Å². The minimum absolute atomic E-state index is 0.0427. The van der Waals surface area contributed by atoms with Gasteiger partial charge in [0.2, 0.25) is 0 Å². The molecule has 176 valence electrons. The van der Waals surface area contributed by atoms with Crippen molar-refractivity contribution in [3.05, 3.63) is 64.6 Å². The first-order valence-electron chi connectivity index (χ1n) is 12.0. The molecule has 0 bridgehead atoms. The summed E-state index contributed by atoms with van der Waals surface area (Å²) in [5.41, 5.74) is 2.22. The highest BCUT2D eigenvalue weighted by Crippen LogP contribution is 2.37. The van der Waals surface area contributed by atoms with Crippen LogP contribution in [0.2, 0.25) is 5.02 Å². The highest BCUT2D eigenvalue weighted by molar-refractivity contribution is 6.30. The van der Waals surface area contributed by atoms with Crippen molar-refractivity contribution >= 4 is 11.6 Å². The van der Waals surface area contributed by atoms with Crippen molar-refractivity contribution in [2.45, 2.75) is 76.6 Å². The summed E-state index contributed by atoms with van der Waals surface area (Å²) in [7, 11) is 0. The first-order chi connectivity index (χ1) is 16.1. The van der Waals surface area contributed by atoms with Crippen molar-refractivity contribution in [1.29, 1.82) is 0 Å². The molecule has 33 heavy (non-hydrogen) atoms. The van der Waals surface area contributed by atoms with Crippen LogP contribution in [0.3, 0.4) is 0 Å². The lowest BCUT2D eigenvalue weighted by molar-refractivity contribution is -0.0879. The van der Waals surface area contributed by atoms with Gasteiger partial charge in [-0.05, 0) is 63.6 Å². The molecule has 0 radical (unpaired) electrons. The molecule has 2 aliphatic rings. The van der Waals surface area contributed by atoms with Crippen molar-refractivity contribution < 1.29 is 9.15 Å². The summed E-state index contributed by atoms with van der Waals surface area (Å²) in [6, 6.07) is 9.04. The average molecular weight is 470 g/mol. The fourth-order valence-electron chi connectivity index (χ4n) is 5.24. The van der Waals surface area contributed by atoms with E-state index in [2.05, 4.69) is 39.3 Å². The highest BCUT2D eigenvalue weighted by Gasteiger charge is 2.37. The number of halogens is 1. The first-order valence-corrected chi connectivity index (χ1v) is 12.4. The molecule has 8 heteroatoms. The monoisotopic (exact) mass is 469 g/mol. The van der Waals surface area contributed by atoms with Crippen LogP contribution in [0.25, 0.3) is 0 Å². The van der Waals surface area contributed by atoms with Gasteiger partial charge in [0, 0.05) is 36.1 Å². The average Bonchev–Trinajstić information content (AvgIpc) is 3.50. The third kappa shape index (κ3) is 5.15. The van der Waals surface area contributed by atoms with Crippen LogP contribution in [-0.4, -0.2) is 50.1 Å². The number of nitrogens with zero attached hydrogens (tertiary/aromatic N) is 5. The van der Waals surface area contributed by atoms with Crippen molar-refractivity contribution in [1.82, 2.24) is 24.9 Å². The zero-order valence-corrected chi connectivity index (χ0v) is 20.1. The Kier molecular flexibility index (Phi) is 6.81. The fourth-order valence-corrected chi connectivity index (χ4v) is 5.37. The van der Waals surface area contributed by atoms with Gasteiger partial charge in [-0.2, -0.15) is 0 Å². The number of ether oxygens (including phenoxy) is 1. The van der Waals surface area contributed by atoms with Crippen LogP contribution in [0.15, 0.2) is 41.1 Å². The zero-order valence-electron chi connectivity index (χ0n) is 19.4. The lowest BCUT2D eigenvalue weighted by atomic mass is 9.84. The van der Waals surface area contributed by atoms with Gasteiger partial charge in [0.05, 0.1) is 19.0 Å². The summed E-state index contributed by atoms with van der Waals surface area (Å²) in [4.78, 5) is 7.16. The number of oxazole rings is 1. The minimum atomic E-state index is -0.0427. The molecule has 1 aliphatic heterocycles. The van der Waals surface area contributed by atoms with Gasteiger partial charge in [-0.15, -0.1) is 5.10 Å². The van der Waals surface area contributed by atoms with Gasteiger partial charge in [0.25, 0.3) is 0 Å². The van der Waals surface area contributed by atoms with E-state index in [4.69, 9.17) is 20.8 Å². The maximum absolute atomic E-state index is 6.34. The van der Waals surface area contributed by atoms with Crippen LogP contribution >= 0.6 is 11.6 Å². The normalized spacial score (nSPS) is 26.5. The van der Waals surface area contributed by atoms with E-state index in [9.17, 15) is 0 Å². The Morgan fingerprint density at radius 2 is 1.91 bits per heavy atom. The number of benzene rings is 1. The van der Waals surface area contributed by atoms with E-state index in [1.165, 1.54) is 5.56 Å². The Bertz CT molecular complexity index is 1040. The largest absolute Gasteiger partial charge is 0.446 e. The molecule has 1 saturated carbocycles. The standard InChI is InChI=1S/C25H32ClN5O2/c1-3-30-14-23(28-29-30)24-15-31(22(16-32-24)12-18-4-8-20(26)9-5-18)21-10-6-19(7-11-21)25-27-13-17(2)33-25/h4-5,8-9,13-14,19,21-22,24H,3,6-7,10-12,15-16H2,1-2H3/t19?,21?,22-,24+/m0/s1. The van der Waals surface area contributed by atoms with Crippen molar-refractivity contribution in [3.63, 3.8) is 0 Å². The molecule has 5 rings (SSSR count). The fraction of sp³-hybridized carbons (Fsp3) is 0.560. The van der Waals surface area contributed by atoms with Crippen molar-refractivity contribution in [3.8, 4) is 0 Å². The molecule has 2 atom stereocenters. The number of hydrogen-bond donors (Lipinski definition) is 0. The number of aromatic nitrogens is 4. The molecule has 1 saturated heterocycles. The van der Waals surface area contributed by atoms with Gasteiger partial charge < -0.3 is 9.15 Å². The third-order valence-electron chi connectivity index (χ3n) is 7.08. The Labute approximate surface area is 200 Å². The molecule has 3 heterocycles. The number of hydrogen-bond acceptors (Lipinski definition) is 6. The van der Waals surface area contributed by atoms with Crippen LogP contribution in [0, 0.1) is 6.92 Å². The number of aryl methyl sites for hydroxylation is 2. The lowest BCUT2D eigenvalue weighted by Crippen LogP contribution is -2.53. The Morgan fingerprint density at radius 1 is 1.12 bits per heavy atom. The SMILES string of the molecule is CCn1cc([C@H]2CN(C3CCC(c4ncc(C)o4)CC3)[C@@H](Cc3ccc(Cl)cc3)CO2)nn1. The van der Waals surface area contributed by atoms with Crippen LogP contribution in [0.5, 0.6) is 0 Å². The molecular formula is C25H32ClN5O2. The summed E-state index contributed by atoms with van der Waals surface area (Å²) < 4.78 is 14.0. The van der Waals surface area contributed by atoms with Gasteiger partial charge in [0.1, 0.15) is 17.6 Å². The van der Waals surface area contributed by atoms with Gasteiger partial charge in [0.15, 0.2) is 5.89 Å². The summed E-state index contributed by atoms with van der Waals surface area (Å²) in [6.07, 6.45) is 9.24. The van der Waals surface area contributed by atoms with Gasteiger partial charge in [-0.25, -0.2) is 4.98 Å². The summed E-state index contributed by atoms with van der Waals surface area (Å²) in [5.74, 6) is 2.22. The number of morpholine rings is 1. The summed E-state index contributed by atoms with van der Waals surface area (Å²) in [6.45, 7) is 6.38. The van der Waals surface area contributed by atoms with Gasteiger partial charge in [-0.1, -0.05) is 28.9 Å². The van der Waals surface area contributed by atoms with Gasteiger partial charge >= 0.3 is 0 Å². The van der Waals surface area contributed by atoms with E-state index in [1.807, 2.05) is 36.1 Å². The Balaban J connectivity index is 1.31. The molecular weight excluding hydrogens is 438 g/mol. The minimum Gasteiger partial charge on any atom is -0.446 e. The third-order valence-corrected chi connectivity index (χ3v) is 7.34. The van der Waals surface area contributed by atoms with E-state index < -0.39 is 0 Å².